The highest BCUT2D eigenvalue weighted by molar-refractivity contribution is 6.07. The molecule has 0 saturated carbocycles. The van der Waals surface area contributed by atoms with Gasteiger partial charge in [0.15, 0.2) is 0 Å². The Morgan fingerprint density at radius 1 is 1.04 bits per heavy atom. The van der Waals surface area contributed by atoms with Gasteiger partial charge in [0.2, 0.25) is 0 Å². The van der Waals surface area contributed by atoms with Gasteiger partial charge < -0.3 is 5.32 Å². The lowest BCUT2D eigenvalue weighted by molar-refractivity contribution is -0.115. The zero-order valence-corrected chi connectivity index (χ0v) is 15.8. The number of benzene rings is 1. The van der Waals surface area contributed by atoms with Crippen LogP contribution in [0.5, 0.6) is 0 Å². The summed E-state index contributed by atoms with van der Waals surface area (Å²) < 4.78 is 0. The molecular weight excluding hydrogens is 296 g/mol. The number of amides is 1. The molecule has 0 atom stereocenters. The van der Waals surface area contributed by atoms with Gasteiger partial charge in [-0.05, 0) is 59.6 Å². The molecule has 0 saturated heterocycles. The number of allylic oxidation sites excluding steroid dienone is 3. The number of amidine groups is 1. The standard InChI is InChI=1S/C21H28N2O/c1-8-11-18(9-2)21(24)23-17(7)22-19(10-3)20-15(5)12-14(4)13-16(20)6/h8-13H,1-7H3,(H,22,23,24)/b11-8-,18-9+,19-10-. The summed E-state index contributed by atoms with van der Waals surface area (Å²) in [6, 6.07) is 4.30. The molecule has 1 rings (SSSR count). The highest BCUT2D eigenvalue weighted by Crippen LogP contribution is 2.25. The average Bonchev–Trinajstić information content (AvgIpc) is 2.50. The van der Waals surface area contributed by atoms with Gasteiger partial charge in [0, 0.05) is 11.1 Å². The first kappa shape index (κ1) is 19.6. The van der Waals surface area contributed by atoms with Crippen molar-refractivity contribution in [3.63, 3.8) is 0 Å². The number of nitrogens with zero attached hydrogens (tertiary/aromatic N) is 1. The van der Waals surface area contributed by atoms with Crippen LogP contribution in [0.25, 0.3) is 5.70 Å². The molecular formula is C21H28N2O. The third-order valence-corrected chi connectivity index (χ3v) is 3.71. The Morgan fingerprint density at radius 2 is 1.62 bits per heavy atom. The summed E-state index contributed by atoms with van der Waals surface area (Å²) >= 11 is 0. The van der Waals surface area contributed by atoms with E-state index in [2.05, 4.69) is 43.2 Å². The number of aliphatic imine (C=N–C) groups is 1. The Labute approximate surface area is 145 Å². The van der Waals surface area contributed by atoms with Gasteiger partial charge in [-0.25, -0.2) is 4.99 Å². The van der Waals surface area contributed by atoms with Gasteiger partial charge in [-0.3, -0.25) is 4.79 Å². The summed E-state index contributed by atoms with van der Waals surface area (Å²) in [7, 11) is 0. The van der Waals surface area contributed by atoms with Crippen molar-refractivity contribution >= 4 is 17.4 Å². The molecule has 0 aromatic heterocycles. The first-order chi connectivity index (χ1) is 11.3. The van der Waals surface area contributed by atoms with Crippen LogP contribution in [0.4, 0.5) is 0 Å². The smallest absolute Gasteiger partial charge is 0.256 e. The summed E-state index contributed by atoms with van der Waals surface area (Å²) in [6.45, 7) is 13.8. The fourth-order valence-corrected chi connectivity index (χ4v) is 2.78. The summed E-state index contributed by atoms with van der Waals surface area (Å²) in [6.07, 6.45) is 7.39. The SMILES string of the molecule is C/C=C\C(=C/C)C(=O)NC(C)=N/C(=C\C)c1c(C)cc(C)cc1C. The van der Waals surface area contributed by atoms with E-state index in [1.807, 2.05) is 39.8 Å². The molecule has 0 aliphatic rings. The number of hydrogen-bond donors (Lipinski definition) is 1. The van der Waals surface area contributed by atoms with Crippen LogP contribution in [0.15, 0.2) is 47.0 Å². The topological polar surface area (TPSA) is 41.5 Å². The normalized spacial score (nSPS) is 13.5. The molecule has 0 aliphatic carbocycles. The van der Waals surface area contributed by atoms with Crippen LogP contribution in [-0.2, 0) is 4.79 Å². The van der Waals surface area contributed by atoms with E-state index in [1.165, 1.54) is 16.7 Å². The lowest BCUT2D eigenvalue weighted by Crippen LogP contribution is -2.29. The molecule has 0 aliphatic heterocycles. The van der Waals surface area contributed by atoms with Crippen LogP contribution in [-0.4, -0.2) is 11.7 Å². The van der Waals surface area contributed by atoms with E-state index in [1.54, 1.807) is 12.2 Å². The van der Waals surface area contributed by atoms with E-state index in [4.69, 9.17) is 0 Å². The largest absolute Gasteiger partial charge is 0.310 e. The maximum Gasteiger partial charge on any atom is 0.256 e. The quantitative estimate of drug-likeness (QED) is 0.359. The molecule has 128 valence electrons. The van der Waals surface area contributed by atoms with Crippen LogP contribution >= 0.6 is 0 Å². The molecule has 1 N–H and O–H groups in total. The Balaban J connectivity index is 3.12. The number of hydrogen-bond acceptors (Lipinski definition) is 2. The number of rotatable bonds is 4. The molecule has 1 aromatic rings. The summed E-state index contributed by atoms with van der Waals surface area (Å²) in [5.41, 5.74) is 6.23. The van der Waals surface area contributed by atoms with Crippen LogP contribution in [0.1, 0.15) is 49.9 Å². The second-order valence-electron chi connectivity index (χ2n) is 5.84. The zero-order chi connectivity index (χ0) is 18.3. The maximum absolute atomic E-state index is 12.2. The fraction of sp³-hybridized carbons (Fsp3) is 0.333. The predicted molar refractivity (Wildman–Crippen MR) is 104 cm³/mol. The first-order valence-electron chi connectivity index (χ1n) is 8.24. The summed E-state index contributed by atoms with van der Waals surface area (Å²) in [5, 5.41) is 2.85. The number of carbonyl (C=O) groups is 1. The molecule has 0 radical (unpaired) electrons. The van der Waals surface area contributed by atoms with Gasteiger partial charge in [0.25, 0.3) is 5.91 Å². The second kappa shape index (κ2) is 9.02. The molecule has 24 heavy (non-hydrogen) atoms. The molecule has 3 heteroatoms. The maximum atomic E-state index is 12.2. The Bertz CT molecular complexity index is 711. The number of carbonyl (C=O) groups excluding carboxylic acids is 1. The highest BCUT2D eigenvalue weighted by atomic mass is 16.1. The molecule has 0 fully saturated rings. The van der Waals surface area contributed by atoms with E-state index in [0.29, 0.717) is 11.4 Å². The van der Waals surface area contributed by atoms with E-state index < -0.39 is 0 Å². The van der Waals surface area contributed by atoms with Crippen molar-refractivity contribution in [3.05, 3.63) is 64.3 Å². The van der Waals surface area contributed by atoms with Crippen LogP contribution in [0, 0.1) is 20.8 Å². The van der Waals surface area contributed by atoms with E-state index >= 15 is 0 Å². The monoisotopic (exact) mass is 324 g/mol. The lowest BCUT2D eigenvalue weighted by Gasteiger charge is -2.13. The Morgan fingerprint density at radius 3 is 2.08 bits per heavy atom. The minimum Gasteiger partial charge on any atom is -0.310 e. The zero-order valence-electron chi connectivity index (χ0n) is 15.8. The van der Waals surface area contributed by atoms with Crippen molar-refractivity contribution in [2.24, 2.45) is 4.99 Å². The predicted octanol–water partition coefficient (Wildman–Crippen LogP) is 5.03. The molecule has 1 aromatic carbocycles. The Hall–Kier alpha value is -2.42. The van der Waals surface area contributed by atoms with Crippen molar-refractivity contribution in [2.75, 3.05) is 0 Å². The molecule has 0 bridgehead atoms. The van der Waals surface area contributed by atoms with E-state index in [-0.39, 0.29) is 5.91 Å². The number of aryl methyl sites for hydroxylation is 3. The van der Waals surface area contributed by atoms with Crippen molar-refractivity contribution < 1.29 is 4.79 Å². The second-order valence-corrected chi connectivity index (χ2v) is 5.84. The van der Waals surface area contributed by atoms with E-state index in [0.717, 1.165) is 11.3 Å². The Kier molecular flexibility index (Phi) is 7.37. The molecule has 3 nitrogen and oxygen atoms in total. The van der Waals surface area contributed by atoms with Crippen molar-refractivity contribution in [3.8, 4) is 0 Å². The van der Waals surface area contributed by atoms with Crippen LogP contribution in [0.2, 0.25) is 0 Å². The lowest BCUT2D eigenvalue weighted by atomic mass is 9.97. The third-order valence-electron chi connectivity index (χ3n) is 3.71. The molecule has 1 amide bonds. The van der Waals surface area contributed by atoms with Crippen LogP contribution < -0.4 is 5.32 Å². The minimum absolute atomic E-state index is 0.148. The van der Waals surface area contributed by atoms with Gasteiger partial charge in [0.05, 0.1) is 5.70 Å². The third kappa shape index (κ3) is 5.05. The molecule has 0 spiro atoms. The van der Waals surface area contributed by atoms with Crippen molar-refractivity contribution in [1.82, 2.24) is 5.32 Å². The fourth-order valence-electron chi connectivity index (χ4n) is 2.78. The van der Waals surface area contributed by atoms with Gasteiger partial charge in [0.1, 0.15) is 5.84 Å². The minimum atomic E-state index is -0.148. The van der Waals surface area contributed by atoms with Crippen molar-refractivity contribution in [1.29, 1.82) is 0 Å². The molecule has 0 unspecified atom stereocenters. The summed E-state index contributed by atoms with van der Waals surface area (Å²) in [5.74, 6) is 0.431. The van der Waals surface area contributed by atoms with Crippen LogP contribution in [0.3, 0.4) is 0 Å². The number of nitrogens with one attached hydrogen (secondary N) is 1. The highest BCUT2D eigenvalue weighted by Gasteiger charge is 2.10. The van der Waals surface area contributed by atoms with Gasteiger partial charge in [-0.2, -0.15) is 0 Å². The van der Waals surface area contributed by atoms with Crippen molar-refractivity contribution in [2.45, 2.75) is 48.5 Å². The van der Waals surface area contributed by atoms with E-state index in [9.17, 15) is 4.79 Å². The first-order valence-corrected chi connectivity index (χ1v) is 8.24. The van der Waals surface area contributed by atoms with Gasteiger partial charge in [-0.15, -0.1) is 0 Å². The van der Waals surface area contributed by atoms with Gasteiger partial charge >= 0.3 is 0 Å². The summed E-state index contributed by atoms with van der Waals surface area (Å²) in [4.78, 5) is 16.9. The van der Waals surface area contributed by atoms with Gasteiger partial charge in [-0.1, -0.05) is 42.0 Å². The average molecular weight is 324 g/mol. The molecule has 0 heterocycles.